The Morgan fingerprint density at radius 1 is 1.57 bits per heavy atom. The van der Waals surface area contributed by atoms with Gasteiger partial charge in [-0.15, -0.1) is 0 Å². The van der Waals surface area contributed by atoms with Crippen LogP contribution in [0, 0.1) is 5.82 Å². The van der Waals surface area contributed by atoms with Gasteiger partial charge in [-0.1, -0.05) is 12.1 Å². The predicted molar refractivity (Wildman–Crippen MR) is 43.0 cm³/mol. The van der Waals surface area contributed by atoms with Crippen LogP contribution in [-0.4, -0.2) is 17.2 Å². The van der Waals surface area contributed by atoms with Crippen molar-refractivity contribution in [2.24, 2.45) is 0 Å². The molecule has 0 heterocycles. The van der Waals surface area contributed by atoms with Gasteiger partial charge in [0.05, 0.1) is 5.97 Å². The Morgan fingerprint density at radius 3 is 2.71 bits per heavy atom. The maximum Gasteiger partial charge on any atom is 0.149 e. The fourth-order valence-corrected chi connectivity index (χ4v) is 1.08. The van der Waals surface area contributed by atoms with Gasteiger partial charge in [-0.05, 0) is 12.1 Å². The van der Waals surface area contributed by atoms with E-state index < -0.39 is 23.9 Å². The fourth-order valence-electron chi connectivity index (χ4n) is 1.08. The fraction of sp³-hybridized carbons (Fsp3) is 0.222. The monoisotopic (exact) mass is 199 g/mol. The first-order chi connectivity index (χ1) is 6.52. The largest absolute Gasteiger partial charge is 0.547 e. The van der Waals surface area contributed by atoms with E-state index in [0.29, 0.717) is 5.56 Å². The maximum absolute atomic E-state index is 12.7. The molecule has 0 amide bonds. The number of aliphatic hydroxyl groups excluding tert-OH is 1. The maximum atomic E-state index is 12.7. The minimum absolute atomic E-state index is 0.321. The second-order valence-electron chi connectivity index (χ2n) is 2.93. The number of benzene rings is 1. The van der Waals surface area contributed by atoms with Crippen molar-refractivity contribution in [1.29, 1.82) is 0 Å². The van der Waals surface area contributed by atoms with Crippen LogP contribution < -0.4 is 10.8 Å². The molecule has 0 aromatic heterocycles. The number of aliphatic carboxylic acids is 1. The molecule has 0 radical (unpaired) electrons. The van der Waals surface area contributed by atoms with Gasteiger partial charge in [-0.3, -0.25) is 0 Å². The number of hydrogen-bond acceptors (Lipinski definition) is 3. The van der Waals surface area contributed by atoms with E-state index in [0.717, 1.165) is 6.07 Å². The molecular weight excluding hydrogens is 189 g/mol. The average molecular weight is 199 g/mol. The number of halogens is 1. The number of rotatable bonds is 3. The first kappa shape index (κ1) is 10.6. The summed E-state index contributed by atoms with van der Waals surface area (Å²) >= 11 is 0. The second-order valence-corrected chi connectivity index (χ2v) is 2.93. The standard InChI is InChI=1S/C9H10FNO3/c10-6-3-1-2-5(4-6)7(11)8(12)9(13)14/h1-4,7-8,12H,11H2,(H,13,14)/t7-,8-/m1/s1. The lowest BCUT2D eigenvalue weighted by atomic mass is 10.0. The molecule has 0 aliphatic carbocycles. The second kappa shape index (κ2) is 4.17. The van der Waals surface area contributed by atoms with Crippen molar-refractivity contribution in [1.82, 2.24) is 0 Å². The third-order valence-corrected chi connectivity index (χ3v) is 1.90. The van der Waals surface area contributed by atoms with Gasteiger partial charge >= 0.3 is 0 Å². The highest BCUT2D eigenvalue weighted by Gasteiger charge is 2.21. The van der Waals surface area contributed by atoms with E-state index in [1.54, 1.807) is 0 Å². The highest BCUT2D eigenvalue weighted by atomic mass is 19.1. The zero-order valence-electron chi connectivity index (χ0n) is 7.31. The Morgan fingerprint density at radius 2 is 2.21 bits per heavy atom. The van der Waals surface area contributed by atoms with E-state index in [9.17, 15) is 14.3 Å². The van der Waals surface area contributed by atoms with Gasteiger partial charge in [-0.2, -0.15) is 0 Å². The van der Waals surface area contributed by atoms with E-state index in [-0.39, 0.29) is 0 Å². The summed E-state index contributed by atoms with van der Waals surface area (Å²) in [5.41, 5.74) is 3.75. The van der Waals surface area contributed by atoms with Crippen LogP contribution in [0.5, 0.6) is 0 Å². The third kappa shape index (κ3) is 2.27. The molecule has 76 valence electrons. The SMILES string of the molecule is [NH3+][C@H](c1cccc(F)c1)[C@@H](O)C(=O)[O-]. The van der Waals surface area contributed by atoms with Crippen LogP contribution in [0.2, 0.25) is 0 Å². The number of carboxylic acid groups (broad SMARTS) is 1. The number of carbonyl (C=O) groups is 1. The summed E-state index contributed by atoms with van der Waals surface area (Å²) in [7, 11) is 0. The van der Waals surface area contributed by atoms with Crippen LogP contribution in [0.1, 0.15) is 11.6 Å². The Bertz CT molecular complexity index is 343. The lowest BCUT2D eigenvalue weighted by molar-refractivity contribution is -0.448. The van der Waals surface area contributed by atoms with Gasteiger partial charge in [0, 0.05) is 5.56 Å². The van der Waals surface area contributed by atoms with Crippen LogP contribution >= 0.6 is 0 Å². The molecule has 4 N–H and O–H groups in total. The Balaban J connectivity index is 2.89. The summed E-state index contributed by atoms with van der Waals surface area (Å²) < 4.78 is 12.7. The normalized spacial score (nSPS) is 14.8. The number of hydrogen-bond donors (Lipinski definition) is 2. The Labute approximate surface area is 79.8 Å². The zero-order chi connectivity index (χ0) is 10.7. The van der Waals surface area contributed by atoms with Crippen molar-refractivity contribution in [3.8, 4) is 0 Å². The topological polar surface area (TPSA) is 88.0 Å². The molecule has 0 saturated heterocycles. The number of quaternary nitrogens is 1. The first-order valence-corrected chi connectivity index (χ1v) is 4.00. The molecule has 4 nitrogen and oxygen atoms in total. The Kier molecular flexibility index (Phi) is 3.16. The molecule has 0 spiro atoms. The van der Waals surface area contributed by atoms with Crippen LogP contribution in [0.15, 0.2) is 24.3 Å². The van der Waals surface area contributed by atoms with Crippen molar-refractivity contribution in [2.45, 2.75) is 12.1 Å². The molecule has 1 rings (SSSR count). The highest BCUT2D eigenvalue weighted by Crippen LogP contribution is 2.13. The van der Waals surface area contributed by atoms with Gasteiger partial charge in [0.15, 0.2) is 0 Å². The van der Waals surface area contributed by atoms with Gasteiger partial charge < -0.3 is 20.7 Å². The molecule has 2 atom stereocenters. The third-order valence-electron chi connectivity index (χ3n) is 1.90. The summed E-state index contributed by atoms with van der Waals surface area (Å²) in [5, 5.41) is 19.4. The van der Waals surface area contributed by atoms with E-state index in [4.69, 9.17) is 5.11 Å². The molecule has 0 bridgehead atoms. The van der Waals surface area contributed by atoms with Gasteiger partial charge in [0.2, 0.25) is 0 Å². The first-order valence-electron chi connectivity index (χ1n) is 4.00. The number of carboxylic acids is 1. The molecule has 0 aliphatic heterocycles. The minimum Gasteiger partial charge on any atom is -0.547 e. The van der Waals surface area contributed by atoms with Crippen molar-refractivity contribution < 1.29 is 25.1 Å². The van der Waals surface area contributed by atoms with E-state index in [1.165, 1.54) is 18.2 Å². The molecule has 0 saturated carbocycles. The van der Waals surface area contributed by atoms with Crippen LogP contribution in [-0.2, 0) is 4.79 Å². The smallest absolute Gasteiger partial charge is 0.149 e. The predicted octanol–water partition coefficient (Wildman–Crippen LogP) is -1.78. The highest BCUT2D eigenvalue weighted by molar-refractivity contribution is 5.70. The number of carbonyl (C=O) groups excluding carboxylic acids is 1. The van der Waals surface area contributed by atoms with Crippen LogP contribution in [0.3, 0.4) is 0 Å². The summed E-state index contributed by atoms with van der Waals surface area (Å²) in [6.45, 7) is 0. The van der Waals surface area contributed by atoms with Gasteiger partial charge in [0.25, 0.3) is 0 Å². The van der Waals surface area contributed by atoms with Crippen LogP contribution in [0.4, 0.5) is 4.39 Å². The van der Waals surface area contributed by atoms with Crippen molar-refractivity contribution >= 4 is 5.97 Å². The summed E-state index contributed by atoms with van der Waals surface area (Å²) in [4.78, 5) is 10.3. The minimum atomic E-state index is -1.73. The Hall–Kier alpha value is -1.46. The van der Waals surface area contributed by atoms with Crippen molar-refractivity contribution in [3.63, 3.8) is 0 Å². The molecule has 14 heavy (non-hydrogen) atoms. The van der Waals surface area contributed by atoms with Crippen molar-refractivity contribution in [2.75, 3.05) is 0 Å². The molecule has 1 aromatic carbocycles. The lowest BCUT2D eigenvalue weighted by Crippen LogP contribution is -2.62. The quantitative estimate of drug-likeness (QED) is 0.603. The lowest BCUT2D eigenvalue weighted by Gasteiger charge is -2.16. The number of aliphatic hydroxyl groups is 1. The van der Waals surface area contributed by atoms with E-state index >= 15 is 0 Å². The van der Waals surface area contributed by atoms with Crippen LogP contribution in [0.25, 0.3) is 0 Å². The molecule has 0 unspecified atom stereocenters. The summed E-state index contributed by atoms with van der Waals surface area (Å²) in [6, 6.07) is 4.33. The van der Waals surface area contributed by atoms with E-state index in [2.05, 4.69) is 5.73 Å². The van der Waals surface area contributed by atoms with Gasteiger partial charge in [-0.25, -0.2) is 4.39 Å². The van der Waals surface area contributed by atoms with Crippen molar-refractivity contribution in [3.05, 3.63) is 35.6 Å². The average Bonchev–Trinajstić information content (AvgIpc) is 2.15. The van der Waals surface area contributed by atoms with E-state index in [1.807, 2.05) is 0 Å². The molecule has 0 fully saturated rings. The molecule has 0 aliphatic rings. The molecule has 5 heteroatoms. The zero-order valence-corrected chi connectivity index (χ0v) is 7.31. The molecule has 1 aromatic rings. The molecular formula is C9H10FNO3. The summed E-state index contributed by atoms with van der Waals surface area (Å²) in [6.07, 6.45) is -1.73. The summed E-state index contributed by atoms with van der Waals surface area (Å²) in [5.74, 6) is -2.11. The van der Waals surface area contributed by atoms with Gasteiger partial charge in [0.1, 0.15) is 18.0 Å².